The minimum atomic E-state index is -4.98. The first-order valence-corrected chi connectivity index (χ1v) is 8.35. The van der Waals surface area contributed by atoms with Crippen LogP contribution < -0.4 is 0 Å². The van der Waals surface area contributed by atoms with Crippen molar-refractivity contribution in [3.05, 3.63) is 83.1 Å². The number of hydrogen-bond acceptors (Lipinski definition) is 3. The molecule has 3 nitrogen and oxygen atoms in total. The van der Waals surface area contributed by atoms with Crippen LogP contribution in [0.5, 0.6) is 5.75 Å². The predicted molar refractivity (Wildman–Crippen MR) is 95.6 cm³/mol. The zero-order chi connectivity index (χ0) is 22.1. The Labute approximate surface area is 165 Å². The molecule has 0 aliphatic rings. The van der Waals surface area contributed by atoms with Gasteiger partial charge in [-0.3, -0.25) is 4.79 Å². The smallest absolute Gasteiger partial charge is 0.416 e. The number of phenols is 1. The Morgan fingerprint density at radius 1 is 0.867 bits per heavy atom. The molecule has 30 heavy (non-hydrogen) atoms. The number of alkyl halides is 6. The molecule has 9 heteroatoms. The molecule has 3 aromatic rings. The zero-order valence-corrected chi connectivity index (χ0v) is 14.9. The molecule has 0 fully saturated rings. The lowest BCUT2D eigenvalue weighted by atomic mass is 10.0. The van der Waals surface area contributed by atoms with E-state index in [0.717, 1.165) is 6.08 Å². The zero-order valence-electron chi connectivity index (χ0n) is 14.9. The summed E-state index contributed by atoms with van der Waals surface area (Å²) >= 11 is 0. The van der Waals surface area contributed by atoms with Crippen LogP contribution in [0.15, 0.2) is 65.1 Å². The first-order chi connectivity index (χ1) is 13.9. The summed E-state index contributed by atoms with van der Waals surface area (Å²) in [5.41, 5.74) is -3.32. The lowest BCUT2D eigenvalue weighted by molar-refractivity contribution is -0.143. The number of ketones is 1. The molecule has 0 spiro atoms. The summed E-state index contributed by atoms with van der Waals surface area (Å²) in [5.74, 6) is -1.01. The molecule has 0 bridgehead atoms. The molecule has 0 saturated carbocycles. The lowest BCUT2D eigenvalue weighted by Crippen LogP contribution is -2.11. The molecule has 156 valence electrons. The molecule has 0 aliphatic heterocycles. The molecule has 2 aromatic carbocycles. The van der Waals surface area contributed by atoms with Gasteiger partial charge in [-0.2, -0.15) is 26.3 Å². The fourth-order valence-electron chi connectivity index (χ4n) is 2.62. The number of phenolic OH excluding ortho intramolecular Hbond substituents is 1. The maximum absolute atomic E-state index is 13.0. The van der Waals surface area contributed by atoms with E-state index in [9.17, 15) is 36.2 Å². The second-order valence-corrected chi connectivity index (χ2v) is 6.21. The summed E-state index contributed by atoms with van der Waals surface area (Å²) in [6.45, 7) is 0. The summed E-state index contributed by atoms with van der Waals surface area (Å²) in [5, 5.41) is 9.65. The van der Waals surface area contributed by atoms with Crippen LogP contribution in [0.25, 0.3) is 17.4 Å². The summed E-state index contributed by atoms with van der Waals surface area (Å²) in [6.07, 6.45) is -7.70. The normalized spacial score (nSPS) is 12.5. The van der Waals surface area contributed by atoms with Crippen molar-refractivity contribution >= 4 is 11.9 Å². The van der Waals surface area contributed by atoms with Crippen molar-refractivity contribution in [1.82, 2.24) is 0 Å². The molecule has 0 radical (unpaired) electrons. The van der Waals surface area contributed by atoms with Gasteiger partial charge in [-0.15, -0.1) is 0 Å². The summed E-state index contributed by atoms with van der Waals surface area (Å²) in [7, 11) is 0. The third-order valence-electron chi connectivity index (χ3n) is 4.07. The second kappa shape index (κ2) is 7.74. The van der Waals surface area contributed by atoms with Crippen LogP contribution >= 0.6 is 0 Å². The first kappa shape index (κ1) is 21.2. The number of halogens is 6. The Morgan fingerprint density at radius 3 is 2.03 bits per heavy atom. The van der Waals surface area contributed by atoms with E-state index in [0.29, 0.717) is 12.1 Å². The number of benzene rings is 2. The largest absolute Gasteiger partial charge is 0.507 e. The van der Waals surface area contributed by atoms with E-state index in [4.69, 9.17) is 4.42 Å². The average molecular weight is 426 g/mol. The van der Waals surface area contributed by atoms with Crippen molar-refractivity contribution < 1.29 is 40.7 Å². The predicted octanol–water partition coefficient (Wildman–Crippen LogP) is 6.59. The molecule has 0 aliphatic carbocycles. The molecule has 0 atom stereocenters. The average Bonchev–Trinajstić information content (AvgIpc) is 3.14. The van der Waals surface area contributed by atoms with Gasteiger partial charge < -0.3 is 9.52 Å². The standard InChI is InChI=1S/C21H12F6O3/c22-20(23,24)13-9-12(10-14(11-13)21(25,26)27)19-8-6-15(30-19)5-7-18(29)16-3-1-2-4-17(16)28/h1-11,28H/b7-5+. The van der Waals surface area contributed by atoms with Crippen molar-refractivity contribution in [3.63, 3.8) is 0 Å². The molecule has 1 heterocycles. The summed E-state index contributed by atoms with van der Waals surface area (Å²) in [4.78, 5) is 12.1. The molecule has 0 unspecified atom stereocenters. The lowest BCUT2D eigenvalue weighted by Gasteiger charge is -2.13. The van der Waals surface area contributed by atoms with Crippen LogP contribution in [0, 0.1) is 0 Å². The van der Waals surface area contributed by atoms with Gasteiger partial charge in [0.05, 0.1) is 16.7 Å². The fourth-order valence-corrected chi connectivity index (χ4v) is 2.62. The number of rotatable bonds is 4. The van der Waals surface area contributed by atoms with Gasteiger partial charge in [0.1, 0.15) is 17.3 Å². The third-order valence-corrected chi connectivity index (χ3v) is 4.07. The van der Waals surface area contributed by atoms with Crippen LogP contribution in [0.4, 0.5) is 26.3 Å². The van der Waals surface area contributed by atoms with Gasteiger partial charge in [-0.05, 0) is 54.6 Å². The van der Waals surface area contributed by atoms with Crippen LogP contribution in [0.2, 0.25) is 0 Å². The van der Waals surface area contributed by atoms with Crippen molar-refractivity contribution in [3.8, 4) is 17.1 Å². The van der Waals surface area contributed by atoms with Gasteiger partial charge in [-0.1, -0.05) is 12.1 Å². The second-order valence-electron chi connectivity index (χ2n) is 6.21. The van der Waals surface area contributed by atoms with Crippen LogP contribution in [0.1, 0.15) is 27.2 Å². The number of para-hydroxylation sites is 1. The first-order valence-electron chi connectivity index (χ1n) is 8.35. The third kappa shape index (κ3) is 4.73. The Morgan fingerprint density at radius 2 is 1.47 bits per heavy atom. The van der Waals surface area contributed by atoms with Gasteiger partial charge in [0, 0.05) is 5.56 Å². The Balaban J connectivity index is 1.92. The van der Waals surface area contributed by atoms with Gasteiger partial charge >= 0.3 is 12.4 Å². The molecule has 3 rings (SSSR count). The highest BCUT2D eigenvalue weighted by molar-refractivity contribution is 6.08. The topological polar surface area (TPSA) is 50.4 Å². The van der Waals surface area contributed by atoms with E-state index in [1.807, 2.05) is 0 Å². The molecule has 1 aromatic heterocycles. The number of hydrogen-bond donors (Lipinski definition) is 1. The minimum Gasteiger partial charge on any atom is -0.507 e. The molecule has 0 amide bonds. The minimum absolute atomic E-state index is 0.0215. The Kier molecular flexibility index (Phi) is 5.47. The maximum atomic E-state index is 13.0. The van der Waals surface area contributed by atoms with Crippen LogP contribution in [-0.2, 0) is 12.4 Å². The SMILES string of the molecule is O=C(/C=C/c1ccc(-c2cc(C(F)(F)F)cc(C(F)(F)F)c2)o1)c1ccccc1O. The van der Waals surface area contributed by atoms with Crippen LogP contribution in [-0.4, -0.2) is 10.9 Å². The maximum Gasteiger partial charge on any atom is 0.416 e. The summed E-state index contributed by atoms with van der Waals surface area (Å²) in [6, 6.07) is 9.38. The highest BCUT2D eigenvalue weighted by Gasteiger charge is 2.37. The number of allylic oxidation sites excluding steroid dienone is 1. The fraction of sp³-hybridized carbons (Fsp3) is 0.0952. The van der Waals surface area contributed by atoms with Crippen LogP contribution in [0.3, 0.4) is 0 Å². The molecule has 1 N–H and O–H groups in total. The van der Waals surface area contributed by atoms with E-state index in [2.05, 4.69) is 0 Å². The number of carbonyl (C=O) groups excluding carboxylic acids is 1. The summed E-state index contributed by atoms with van der Waals surface area (Å²) < 4.78 is 83.2. The van der Waals surface area contributed by atoms with Gasteiger partial charge in [-0.25, -0.2) is 0 Å². The number of furan rings is 1. The van der Waals surface area contributed by atoms with Crippen molar-refractivity contribution in [2.24, 2.45) is 0 Å². The molecular formula is C21H12F6O3. The van der Waals surface area contributed by atoms with Crippen molar-refractivity contribution in [2.45, 2.75) is 12.4 Å². The van der Waals surface area contributed by atoms with E-state index < -0.39 is 34.8 Å². The van der Waals surface area contributed by atoms with Gasteiger partial charge in [0.15, 0.2) is 5.78 Å². The van der Waals surface area contributed by atoms with E-state index in [1.165, 1.54) is 42.5 Å². The molecular weight excluding hydrogens is 414 g/mol. The van der Waals surface area contributed by atoms with Crippen molar-refractivity contribution in [1.29, 1.82) is 0 Å². The van der Waals surface area contributed by atoms with Gasteiger partial charge in [0.2, 0.25) is 0 Å². The monoisotopic (exact) mass is 426 g/mol. The van der Waals surface area contributed by atoms with E-state index in [-0.39, 0.29) is 28.9 Å². The Bertz CT molecular complexity index is 1070. The number of carbonyl (C=O) groups is 1. The Hall–Kier alpha value is -3.49. The quantitative estimate of drug-likeness (QED) is 0.291. The number of aromatic hydroxyl groups is 1. The van der Waals surface area contributed by atoms with E-state index >= 15 is 0 Å². The highest BCUT2D eigenvalue weighted by Crippen LogP contribution is 2.39. The highest BCUT2D eigenvalue weighted by atomic mass is 19.4. The van der Waals surface area contributed by atoms with E-state index in [1.54, 1.807) is 0 Å². The van der Waals surface area contributed by atoms with Crippen molar-refractivity contribution in [2.75, 3.05) is 0 Å². The van der Waals surface area contributed by atoms with Gasteiger partial charge in [0.25, 0.3) is 0 Å². The molecule has 0 saturated heterocycles.